The minimum absolute atomic E-state index is 0.596. The molecular formula is C17H34N2. The van der Waals surface area contributed by atoms with Crippen LogP contribution in [0.3, 0.4) is 0 Å². The number of nitrogens with one attached hydrogen (secondary N) is 1. The molecule has 0 aromatic carbocycles. The first-order chi connectivity index (χ1) is 9.20. The van der Waals surface area contributed by atoms with E-state index in [1.807, 2.05) is 0 Å². The molecule has 0 aromatic heterocycles. The lowest BCUT2D eigenvalue weighted by Gasteiger charge is -2.35. The van der Waals surface area contributed by atoms with Crippen LogP contribution in [0, 0.1) is 11.3 Å². The van der Waals surface area contributed by atoms with Gasteiger partial charge in [0.15, 0.2) is 0 Å². The third-order valence-corrected chi connectivity index (χ3v) is 4.97. The zero-order valence-corrected chi connectivity index (χ0v) is 13.2. The number of hydrogen-bond donors (Lipinski definition) is 1. The summed E-state index contributed by atoms with van der Waals surface area (Å²) in [5.74, 6) is 0.775. The lowest BCUT2D eigenvalue weighted by atomic mass is 9.85. The van der Waals surface area contributed by atoms with E-state index in [0.29, 0.717) is 5.41 Å². The van der Waals surface area contributed by atoms with Crippen LogP contribution >= 0.6 is 0 Å². The Morgan fingerprint density at radius 1 is 0.947 bits per heavy atom. The number of rotatable bonds is 6. The molecule has 1 aliphatic heterocycles. The first kappa shape index (κ1) is 15.3. The maximum atomic E-state index is 3.75. The van der Waals surface area contributed by atoms with Crippen molar-refractivity contribution in [1.29, 1.82) is 0 Å². The Kier molecular flexibility index (Phi) is 6.15. The topological polar surface area (TPSA) is 15.3 Å². The monoisotopic (exact) mass is 266 g/mol. The van der Waals surface area contributed by atoms with Crippen LogP contribution in [0.15, 0.2) is 0 Å². The summed E-state index contributed by atoms with van der Waals surface area (Å²) in [6.07, 6.45) is 11.6. The Balaban J connectivity index is 1.83. The summed E-state index contributed by atoms with van der Waals surface area (Å²) in [5, 5.41) is 3.75. The predicted octanol–water partition coefficient (Wildman–Crippen LogP) is 3.67. The number of likely N-dealkylation sites (tertiary alicyclic amines) is 1. The number of hydrogen-bond acceptors (Lipinski definition) is 2. The molecule has 0 spiro atoms. The molecule has 0 unspecified atom stereocenters. The maximum Gasteiger partial charge on any atom is 0.00501 e. The van der Waals surface area contributed by atoms with Crippen LogP contribution in [-0.4, -0.2) is 37.6 Å². The molecule has 0 aromatic rings. The van der Waals surface area contributed by atoms with Gasteiger partial charge in [0.25, 0.3) is 0 Å². The van der Waals surface area contributed by atoms with E-state index in [2.05, 4.69) is 24.1 Å². The van der Waals surface area contributed by atoms with Crippen molar-refractivity contribution in [2.75, 3.05) is 32.7 Å². The zero-order valence-electron chi connectivity index (χ0n) is 13.2. The maximum absolute atomic E-state index is 3.75. The van der Waals surface area contributed by atoms with Crippen molar-refractivity contribution in [1.82, 2.24) is 10.2 Å². The largest absolute Gasteiger partial charge is 0.316 e. The summed E-state index contributed by atoms with van der Waals surface area (Å²) in [6.45, 7) is 11.1. The van der Waals surface area contributed by atoms with Crippen molar-refractivity contribution < 1.29 is 0 Å². The highest BCUT2D eigenvalue weighted by Gasteiger charge is 2.35. The fourth-order valence-corrected chi connectivity index (χ4v) is 3.91. The summed E-state index contributed by atoms with van der Waals surface area (Å²) < 4.78 is 0. The lowest BCUT2D eigenvalue weighted by molar-refractivity contribution is 0.151. The molecule has 0 amide bonds. The van der Waals surface area contributed by atoms with E-state index in [1.54, 1.807) is 0 Å². The van der Waals surface area contributed by atoms with Crippen LogP contribution in [0.5, 0.6) is 0 Å². The van der Waals surface area contributed by atoms with Crippen molar-refractivity contribution in [3.05, 3.63) is 0 Å². The van der Waals surface area contributed by atoms with E-state index in [9.17, 15) is 0 Å². The second-order valence-electron chi connectivity index (χ2n) is 7.42. The summed E-state index contributed by atoms with van der Waals surface area (Å²) >= 11 is 0. The van der Waals surface area contributed by atoms with E-state index >= 15 is 0 Å². The van der Waals surface area contributed by atoms with E-state index in [-0.39, 0.29) is 0 Å². The molecule has 2 rings (SSSR count). The fourth-order valence-electron chi connectivity index (χ4n) is 3.91. The highest BCUT2D eigenvalue weighted by atomic mass is 15.1. The van der Waals surface area contributed by atoms with Gasteiger partial charge in [0.2, 0.25) is 0 Å². The van der Waals surface area contributed by atoms with Crippen LogP contribution in [0.2, 0.25) is 0 Å². The molecule has 0 atom stereocenters. The van der Waals surface area contributed by atoms with Crippen molar-refractivity contribution in [3.63, 3.8) is 0 Å². The van der Waals surface area contributed by atoms with Gasteiger partial charge < -0.3 is 10.2 Å². The number of nitrogens with zero attached hydrogens (tertiary/aromatic N) is 1. The SMILES string of the molecule is CC(C)CNCC1(CN2CCCCCC2)CCCC1. The molecule has 1 saturated heterocycles. The fraction of sp³-hybridized carbons (Fsp3) is 1.00. The quantitative estimate of drug-likeness (QED) is 0.789. The van der Waals surface area contributed by atoms with Gasteiger partial charge in [-0.2, -0.15) is 0 Å². The molecular weight excluding hydrogens is 232 g/mol. The van der Waals surface area contributed by atoms with Crippen molar-refractivity contribution in [2.45, 2.75) is 65.2 Å². The molecule has 2 fully saturated rings. The average Bonchev–Trinajstić information content (AvgIpc) is 2.66. The molecule has 2 aliphatic rings. The standard InChI is InChI=1S/C17H34N2/c1-16(2)13-18-14-17(9-5-6-10-17)15-19-11-7-3-4-8-12-19/h16,18H,3-15H2,1-2H3. The van der Waals surface area contributed by atoms with Gasteiger partial charge in [0.1, 0.15) is 0 Å². The van der Waals surface area contributed by atoms with Gasteiger partial charge in [-0.05, 0) is 56.7 Å². The molecule has 2 heteroatoms. The molecule has 2 nitrogen and oxygen atoms in total. The van der Waals surface area contributed by atoms with Gasteiger partial charge in [0, 0.05) is 13.1 Å². The van der Waals surface area contributed by atoms with E-state index < -0.39 is 0 Å². The predicted molar refractivity (Wildman–Crippen MR) is 83.5 cm³/mol. The molecule has 19 heavy (non-hydrogen) atoms. The van der Waals surface area contributed by atoms with Crippen LogP contribution in [0.4, 0.5) is 0 Å². The molecule has 1 N–H and O–H groups in total. The van der Waals surface area contributed by atoms with Crippen molar-refractivity contribution in [3.8, 4) is 0 Å². The lowest BCUT2D eigenvalue weighted by Crippen LogP contribution is -2.43. The Bertz CT molecular complexity index is 236. The molecule has 112 valence electrons. The molecule has 0 radical (unpaired) electrons. The average molecular weight is 266 g/mol. The van der Waals surface area contributed by atoms with Crippen LogP contribution < -0.4 is 5.32 Å². The smallest absolute Gasteiger partial charge is 0.00501 e. The van der Waals surface area contributed by atoms with Gasteiger partial charge >= 0.3 is 0 Å². The summed E-state index contributed by atoms with van der Waals surface area (Å²) in [6, 6.07) is 0. The van der Waals surface area contributed by atoms with Gasteiger partial charge in [-0.15, -0.1) is 0 Å². The van der Waals surface area contributed by atoms with Gasteiger partial charge in [-0.3, -0.25) is 0 Å². The first-order valence-electron chi connectivity index (χ1n) is 8.63. The third kappa shape index (κ3) is 5.07. The summed E-state index contributed by atoms with van der Waals surface area (Å²) in [7, 11) is 0. The van der Waals surface area contributed by atoms with Crippen LogP contribution in [-0.2, 0) is 0 Å². The first-order valence-corrected chi connectivity index (χ1v) is 8.63. The van der Waals surface area contributed by atoms with E-state index in [4.69, 9.17) is 0 Å². The van der Waals surface area contributed by atoms with E-state index in [1.165, 1.54) is 84.1 Å². The Hall–Kier alpha value is -0.0800. The second-order valence-corrected chi connectivity index (χ2v) is 7.42. The molecule has 1 heterocycles. The van der Waals surface area contributed by atoms with Gasteiger partial charge in [-0.1, -0.05) is 39.5 Å². The molecule has 0 bridgehead atoms. The van der Waals surface area contributed by atoms with Crippen LogP contribution in [0.1, 0.15) is 65.2 Å². The molecule has 1 saturated carbocycles. The molecule has 1 aliphatic carbocycles. The summed E-state index contributed by atoms with van der Waals surface area (Å²) in [4.78, 5) is 2.77. The Morgan fingerprint density at radius 3 is 2.16 bits per heavy atom. The van der Waals surface area contributed by atoms with Crippen LogP contribution in [0.25, 0.3) is 0 Å². The Labute approximate surface area is 120 Å². The minimum Gasteiger partial charge on any atom is -0.316 e. The van der Waals surface area contributed by atoms with Crippen molar-refractivity contribution in [2.24, 2.45) is 11.3 Å². The van der Waals surface area contributed by atoms with Gasteiger partial charge in [0.05, 0.1) is 0 Å². The zero-order chi connectivity index (χ0) is 13.6. The van der Waals surface area contributed by atoms with Crippen molar-refractivity contribution >= 4 is 0 Å². The second kappa shape index (κ2) is 7.64. The highest BCUT2D eigenvalue weighted by Crippen LogP contribution is 2.38. The highest BCUT2D eigenvalue weighted by molar-refractivity contribution is 4.90. The normalized spacial score (nSPS) is 24.8. The van der Waals surface area contributed by atoms with E-state index in [0.717, 1.165) is 5.92 Å². The Morgan fingerprint density at radius 2 is 1.58 bits per heavy atom. The summed E-state index contributed by atoms with van der Waals surface area (Å²) in [5.41, 5.74) is 0.596. The van der Waals surface area contributed by atoms with Gasteiger partial charge in [-0.25, -0.2) is 0 Å². The minimum atomic E-state index is 0.596. The third-order valence-electron chi connectivity index (χ3n) is 4.97.